The lowest BCUT2D eigenvalue weighted by Gasteiger charge is -2.42. The van der Waals surface area contributed by atoms with Crippen molar-refractivity contribution in [1.82, 2.24) is 4.90 Å². The van der Waals surface area contributed by atoms with Gasteiger partial charge in [-0.15, -0.1) is 0 Å². The second kappa shape index (κ2) is 6.17. The highest BCUT2D eigenvalue weighted by molar-refractivity contribution is 5.16. The van der Waals surface area contributed by atoms with E-state index in [1.807, 2.05) is 6.92 Å². The molecule has 1 spiro atoms. The average Bonchev–Trinajstić information content (AvgIpc) is 3.14. The number of benzene rings is 1. The lowest BCUT2D eigenvalue weighted by molar-refractivity contribution is -0.193. The molecule has 4 atom stereocenters. The van der Waals surface area contributed by atoms with E-state index >= 15 is 0 Å². The average molecular weight is 317 g/mol. The van der Waals surface area contributed by atoms with E-state index in [1.165, 1.54) is 5.56 Å². The summed E-state index contributed by atoms with van der Waals surface area (Å²) < 4.78 is 11.9. The Kier molecular flexibility index (Phi) is 4.18. The van der Waals surface area contributed by atoms with Crippen molar-refractivity contribution in [3.8, 4) is 0 Å². The molecule has 23 heavy (non-hydrogen) atoms. The second-order valence-electron chi connectivity index (χ2n) is 7.38. The summed E-state index contributed by atoms with van der Waals surface area (Å²) in [5, 5.41) is 10.3. The van der Waals surface area contributed by atoms with Gasteiger partial charge >= 0.3 is 0 Å². The highest BCUT2D eigenvalue weighted by Gasteiger charge is 2.52. The maximum Gasteiger partial charge on any atom is 0.170 e. The number of rotatable bonds is 3. The van der Waals surface area contributed by atoms with Crippen molar-refractivity contribution in [3.63, 3.8) is 0 Å². The van der Waals surface area contributed by atoms with Crippen molar-refractivity contribution in [2.24, 2.45) is 5.92 Å². The molecule has 1 aromatic rings. The molecule has 4 heteroatoms. The summed E-state index contributed by atoms with van der Waals surface area (Å²) >= 11 is 0. The molecular formula is C19H27NO3. The Morgan fingerprint density at radius 1 is 1.26 bits per heavy atom. The van der Waals surface area contributed by atoms with Crippen molar-refractivity contribution in [2.75, 3.05) is 13.2 Å². The fourth-order valence-corrected chi connectivity index (χ4v) is 4.80. The van der Waals surface area contributed by atoms with E-state index in [0.717, 1.165) is 45.4 Å². The van der Waals surface area contributed by atoms with E-state index < -0.39 is 0 Å². The van der Waals surface area contributed by atoms with Crippen LogP contribution in [0.3, 0.4) is 0 Å². The SMILES string of the molecule is C[C@H](O)[C@@H]1C[C@H]2CCC3(C[C@H]2N1Cc1ccccc1)OCCO3. The number of aliphatic hydroxyl groups excluding tert-OH is 1. The zero-order valence-electron chi connectivity index (χ0n) is 13.9. The normalized spacial score (nSPS) is 34.6. The van der Waals surface area contributed by atoms with Crippen LogP contribution in [0.4, 0.5) is 0 Å². The lowest BCUT2D eigenvalue weighted by Crippen LogP contribution is -2.48. The van der Waals surface area contributed by atoms with Crippen LogP contribution in [-0.4, -0.2) is 47.2 Å². The van der Waals surface area contributed by atoms with Crippen molar-refractivity contribution in [1.29, 1.82) is 0 Å². The van der Waals surface area contributed by atoms with Crippen LogP contribution in [0.1, 0.15) is 38.2 Å². The standard InChI is InChI=1S/C19H27NO3/c1-14(21)17-11-16-7-8-19(22-9-10-23-19)12-18(16)20(17)13-15-5-3-2-4-6-15/h2-6,14,16-18,21H,7-13H2,1H3/t14-,16+,17-,18+/m0/s1. The van der Waals surface area contributed by atoms with Gasteiger partial charge in [-0.3, -0.25) is 4.90 Å². The summed E-state index contributed by atoms with van der Waals surface area (Å²) in [4.78, 5) is 2.51. The highest BCUT2D eigenvalue weighted by atomic mass is 16.7. The molecule has 3 fully saturated rings. The fraction of sp³-hybridized carbons (Fsp3) is 0.684. The Hall–Kier alpha value is -0.940. The summed E-state index contributed by atoms with van der Waals surface area (Å²) in [6, 6.07) is 11.3. The summed E-state index contributed by atoms with van der Waals surface area (Å²) in [6.45, 7) is 4.26. The maximum absolute atomic E-state index is 10.3. The molecule has 0 amide bonds. The van der Waals surface area contributed by atoms with Crippen LogP contribution in [0.5, 0.6) is 0 Å². The van der Waals surface area contributed by atoms with Gasteiger partial charge < -0.3 is 14.6 Å². The molecule has 2 aliphatic heterocycles. The molecule has 1 N–H and O–H groups in total. The van der Waals surface area contributed by atoms with Gasteiger partial charge in [-0.2, -0.15) is 0 Å². The number of ether oxygens (including phenoxy) is 2. The molecule has 0 unspecified atom stereocenters. The Bertz CT molecular complexity index is 527. The van der Waals surface area contributed by atoms with Crippen LogP contribution in [-0.2, 0) is 16.0 Å². The van der Waals surface area contributed by atoms with Gasteiger partial charge in [0.2, 0.25) is 0 Å². The first-order valence-corrected chi connectivity index (χ1v) is 8.92. The molecule has 1 saturated carbocycles. The number of fused-ring (bicyclic) bond motifs is 1. The number of nitrogens with zero attached hydrogens (tertiary/aromatic N) is 1. The van der Waals surface area contributed by atoms with E-state index in [1.54, 1.807) is 0 Å². The second-order valence-corrected chi connectivity index (χ2v) is 7.38. The monoisotopic (exact) mass is 317 g/mol. The molecule has 0 bridgehead atoms. The van der Waals surface area contributed by atoms with Crippen molar-refractivity contribution >= 4 is 0 Å². The number of hydrogen-bond donors (Lipinski definition) is 1. The number of hydrogen-bond acceptors (Lipinski definition) is 4. The molecule has 2 saturated heterocycles. The first kappa shape index (κ1) is 15.6. The summed E-state index contributed by atoms with van der Waals surface area (Å²) in [5.74, 6) is 0.292. The largest absolute Gasteiger partial charge is 0.392 e. The summed E-state index contributed by atoms with van der Waals surface area (Å²) in [7, 11) is 0. The third-order valence-corrected chi connectivity index (χ3v) is 5.93. The molecule has 1 aliphatic carbocycles. The molecule has 3 aliphatic rings. The minimum Gasteiger partial charge on any atom is -0.392 e. The number of likely N-dealkylation sites (tertiary alicyclic amines) is 1. The first-order valence-electron chi connectivity index (χ1n) is 8.92. The van der Waals surface area contributed by atoms with E-state index in [-0.39, 0.29) is 17.9 Å². The van der Waals surface area contributed by atoms with Gasteiger partial charge in [-0.25, -0.2) is 0 Å². The predicted octanol–water partition coefficient (Wildman–Crippen LogP) is 2.55. The zero-order valence-corrected chi connectivity index (χ0v) is 13.9. The minimum atomic E-state index is -0.357. The Morgan fingerprint density at radius 2 is 2.00 bits per heavy atom. The van der Waals surface area contributed by atoms with Crippen LogP contribution in [0.15, 0.2) is 30.3 Å². The minimum absolute atomic E-state index is 0.238. The Morgan fingerprint density at radius 3 is 2.70 bits per heavy atom. The predicted molar refractivity (Wildman–Crippen MR) is 87.8 cm³/mol. The molecule has 4 nitrogen and oxygen atoms in total. The number of aliphatic hydroxyl groups is 1. The summed E-state index contributed by atoms with van der Waals surface area (Å²) in [5.41, 5.74) is 1.31. The topological polar surface area (TPSA) is 41.9 Å². The first-order chi connectivity index (χ1) is 11.2. The van der Waals surface area contributed by atoms with Crippen LogP contribution >= 0.6 is 0 Å². The van der Waals surface area contributed by atoms with E-state index in [4.69, 9.17) is 9.47 Å². The van der Waals surface area contributed by atoms with Crippen molar-refractivity contribution in [3.05, 3.63) is 35.9 Å². The lowest BCUT2D eigenvalue weighted by atomic mass is 9.81. The van der Waals surface area contributed by atoms with Gasteiger partial charge in [0, 0.05) is 31.5 Å². The van der Waals surface area contributed by atoms with Crippen LogP contribution in [0.2, 0.25) is 0 Å². The third kappa shape index (κ3) is 2.93. The summed E-state index contributed by atoms with van der Waals surface area (Å²) in [6.07, 6.45) is 3.86. The van der Waals surface area contributed by atoms with E-state index in [9.17, 15) is 5.11 Å². The molecular weight excluding hydrogens is 290 g/mol. The van der Waals surface area contributed by atoms with E-state index in [0.29, 0.717) is 12.0 Å². The van der Waals surface area contributed by atoms with E-state index in [2.05, 4.69) is 35.2 Å². The van der Waals surface area contributed by atoms with Gasteiger partial charge in [0.1, 0.15) is 0 Å². The molecule has 2 heterocycles. The highest BCUT2D eigenvalue weighted by Crippen LogP contribution is 2.47. The quantitative estimate of drug-likeness (QED) is 0.930. The van der Waals surface area contributed by atoms with Crippen molar-refractivity contribution in [2.45, 2.75) is 63.1 Å². The van der Waals surface area contributed by atoms with Gasteiger partial charge in [0.25, 0.3) is 0 Å². The smallest absolute Gasteiger partial charge is 0.170 e. The van der Waals surface area contributed by atoms with Gasteiger partial charge in [0.15, 0.2) is 5.79 Å². The molecule has 0 radical (unpaired) electrons. The fourth-order valence-electron chi connectivity index (χ4n) is 4.80. The van der Waals surface area contributed by atoms with Gasteiger partial charge in [-0.1, -0.05) is 30.3 Å². The molecule has 0 aromatic heterocycles. The maximum atomic E-state index is 10.3. The molecule has 1 aromatic carbocycles. The molecule has 126 valence electrons. The van der Waals surface area contributed by atoms with Gasteiger partial charge in [0.05, 0.1) is 19.3 Å². The Balaban J connectivity index is 1.57. The zero-order chi connectivity index (χ0) is 15.9. The Labute approximate surface area is 138 Å². The van der Waals surface area contributed by atoms with Crippen LogP contribution in [0, 0.1) is 5.92 Å². The van der Waals surface area contributed by atoms with Crippen molar-refractivity contribution < 1.29 is 14.6 Å². The van der Waals surface area contributed by atoms with Crippen LogP contribution in [0.25, 0.3) is 0 Å². The van der Waals surface area contributed by atoms with Crippen LogP contribution < -0.4 is 0 Å². The molecule has 4 rings (SSSR count). The third-order valence-electron chi connectivity index (χ3n) is 5.93. The van der Waals surface area contributed by atoms with Gasteiger partial charge in [-0.05, 0) is 31.2 Å².